The van der Waals surface area contributed by atoms with Crippen LogP contribution in [0.4, 0.5) is 0 Å². The summed E-state index contributed by atoms with van der Waals surface area (Å²) in [6.45, 7) is 4.26. The second-order valence-corrected chi connectivity index (χ2v) is 3.07. The van der Waals surface area contributed by atoms with Gasteiger partial charge in [0.05, 0.1) is 5.70 Å². The summed E-state index contributed by atoms with van der Waals surface area (Å²) in [5.74, 6) is 1.09. The zero-order valence-electron chi connectivity index (χ0n) is 7.89. The zero-order valence-corrected chi connectivity index (χ0v) is 7.89. The third kappa shape index (κ3) is 2.61. The van der Waals surface area contributed by atoms with Crippen molar-refractivity contribution in [2.45, 2.75) is 39.5 Å². The molecule has 0 saturated heterocycles. The Labute approximate surface area is 74.3 Å². The largest absolute Gasteiger partial charge is 0.466 e. The molecular weight excluding hydrogens is 150 g/mol. The van der Waals surface area contributed by atoms with Crippen LogP contribution >= 0.6 is 0 Å². The fourth-order valence-electron chi connectivity index (χ4n) is 1.23. The van der Waals surface area contributed by atoms with E-state index in [1.165, 1.54) is 19.3 Å². The van der Waals surface area contributed by atoms with E-state index >= 15 is 0 Å². The zero-order chi connectivity index (χ0) is 8.81. The first kappa shape index (κ1) is 9.17. The van der Waals surface area contributed by atoms with Gasteiger partial charge in [0.1, 0.15) is 12.0 Å². The van der Waals surface area contributed by atoms with Crippen LogP contribution in [-0.4, -0.2) is 0 Å². The molecular formula is C10H17NO. The second-order valence-electron chi connectivity index (χ2n) is 3.07. The molecule has 1 aliphatic heterocycles. The highest BCUT2D eigenvalue weighted by Crippen LogP contribution is 2.16. The minimum Gasteiger partial charge on any atom is -0.466 e. The molecule has 0 unspecified atom stereocenters. The maximum atomic E-state index is 5.37. The fourth-order valence-corrected chi connectivity index (χ4v) is 1.23. The minimum absolute atomic E-state index is 1.05. The normalized spacial score (nSPS) is 15.8. The molecule has 1 aliphatic rings. The molecule has 12 heavy (non-hydrogen) atoms. The van der Waals surface area contributed by atoms with Crippen molar-refractivity contribution in [1.82, 2.24) is 5.32 Å². The van der Waals surface area contributed by atoms with Crippen molar-refractivity contribution in [3.05, 3.63) is 23.9 Å². The number of hydrogen-bond donors (Lipinski definition) is 1. The number of ether oxygens (including phenoxy) is 1. The van der Waals surface area contributed by atoms with Gasteiger partial charge in [-0.05, 0) is 13.3 Å². The predicted octanol–water partition coefficient (Wildman–Crippen LogP) is 2.89. The minimum atomic E-state index is 1.05. The molecule has 0 aliphatic carbocycles. The number of nitrogens with one attached hydrogen (secondary N) is 1. The summed E-state index contributed by atoms with van der Waals surface area (Å²) in [5, 5.41) is 3.13. The molecule has 2 nitrogen and oxygen atoms in total. The van der Waals surface area contributed by atoms with Crippen molar-refractivity contribution < 1.29 is 4.74 Å². The highest BCUT2D eigenvalue weighted by Gasteiger charge is 2.04. The van der Waals surface area contributed by atoms with Gasteiger partial charge in [-0.25, -0.2) is 0 Å². The van der Waals surface area contributed by atoms with E-state index in [-0.39, 0.29) is 0 Å². The van der Waals surface area contributed by atoms with Crippen LogP contribution in [0.3, 0.4) is 0 Å². The van der Waals surface area contributed by atoms with Crippen molar-refractivity contribution in [1.29, 1.82) is 0 Å². The van der Waals surface area contributed by atoms with Gasteiger partial charge in [-0.1, -0.05) is 19.8 Å². The van der Waals surface area contributed by atoms with Crippen LogP contribution in [-0.2, 0) is 4.74 Å². The average molecular weight is 167 g/mol. The molecule has 0 aromatic rings. The smallest absolute Gasteiger partial charge is 0.122 e. The van der Waals surface area contributed by atoms with Crippen molar-refractivity contribution in [2.75, 3.05) is 0 Å². The van der Waals surface area contributed by atoms with Crippen LogP contribution in [0.15, 0.2) is 23.9 Å². The molecule has 0 aromatic carbocycles. The first-order chi connectivity index (χ1) is 5.84. The van der Waals surface area contributed by atoms with Crippen molar-refractivity contribution >= 4 is 0 Å². The lowest BCUT2D eigenvalue weighted by molar-refractivity contribution is 0.309. The molecule has 0 radical (unpaired) electrons. The van der Waals surface area contributed by atoms with Crippen molar-refractivity contribution in [3.63, 3.8) is 0 Å². The molecule has 1 heterocycles. The number of allylic oxidation sites excluding steroid dienone is 2. The van der Waals surface area contributed by atoms with Crippen LogP contribution in [0.5, 0.6) is 0 Å². The molecule has 0 atom stereocenters. The first-order valence-electron chi connectivity index (χ1n) is 4.62. The lowest BCUT2D eigenvalue weighted by Gasteiger charge is -2.14. The highest BCUT2D eigenvalue weighted by atomic mass is 16.5. The summed E-state index contributed by atoms with van der Waals surface area (Å²) in [6, 6.07) is 0. The van der Waals surface area contributed by atoms with Crippen LogP contribution in [0, 0.1) is 0 Å². The maximum absolute atomic E-state index is 5.37. The SMILES string of the molecule is CCCCCC1=C(C)NC=CO1. The Morgan fingerprint density at radius 1 is 1.42 bits per heavy atom. The Hall–Kier alpha value is -0.920. The molecule has 0 amide bonds. The number of rotatable bonds is 4. The monoisotopic (exact) mass is 167 g/mol. The predicted molar refractivity (Wildman–Crippen MR) is 50.2 cm³/mol. The van der Waals surface area contributed by atoms with Gasteiger partial charge in [-0.3, -0.25) is 0 Å². The quantitative estimate of drug-likeness (QED) is 0.650. The summed E-state index contributed by atoms with van der Waals surface area (Å²) in [4.78, 5) is 0. The van der Waals surface area contributed by atoms with E-state index in [9.17, 15) is 0 Å². The van der Waals surface area contributed by atoms with Gasteiger partial charge < -0.3 is 10.1 Å². The molecule has 0 bridgehead atoms. The molecule has 0 spiro atoms. The molecule has 68 valence electrons. The lowest BCUT2D eigenvalue weighted by Crippen LogP contribution is -2.10. The second kappa shape index (κ2) is 4.86. The van der Waals surface area contributed by atoms with Crippen LogP contribution in [0.25, 0.3) is 0 Å². The van der Waals surface area contributed by atoms with E-state index in [1.807, 2.05) is 13.1 Å². The summed E-state index contributed by atoms with van der Waals surface area (Å²) in [5.41, 5.74) is 1.15. The molecule has 0 fully saturated rings. The van der Waals surface area contributed by atoms with Gasteiger partial charge in [0.25, 0.3) is 0 Å². The summed E-state index contributed by atoms with van der Waals surface area (Å²) in [6.07, 6.45) is 8.34. The molecule has 2 heteroatoms. The third-order valence-corrected chi connectivity index (χ3v) is 2.00. The maximum Gasteiger partial charge on any atom is 0.122 e. The third-order valence-electron chi connectivity index (χ3n) is 2.00. The van der Waals surface area contributed by atoms with Gasteiger partial charge in [-0.15, -0.1) is 0 Å². The van der Waals surface area contributed by atoms with Crippen molar-refractivity contribution in [3.8, 4) is 0 Å². The highest BCUT2D eigenvalue weighted by molar-refractivity contribution is 5.10. The molecule has 0 aromatic heterocycles. The molecule has 1 rings (SSSR count). The van der Waals surface area contributed by atoms with E-state index in [4.69, 9.17) is 4.74 Å². The fraction of sp³-hybridized carbons (Fsp3) is 0.600. The van der Waals surface area contributed by atoms with Crippen LogP contribution in [0.2, 0.25) is 0 Å². The number of unbranched alkanes of at least 4 members (excludes halogenated alkanes) is 2. The van der Waals surface area contributed by atoms with Crippen LogP contribution < -0.4 is 5.32 Å². The van der Waals surface area contributed by atoms with Gasteiger partial charge in [-0.2, -0.15) is 0 Å². The molecule has 1 N–H and O–H groups in total. The van der Waals surface area contributed by atoms with E-state index in [0.717, 1.165) is 17.9 Å². The molecule has 0 saturated carbocycles. The van der Waals surface area contributed by atoms with E-state index in [2.05, 4.69) is 12.2 Å². The van der Waals surface area contributed by atoms with E-state index in [0.29, 0.717) is 0 Å². The lowest BCUT2D eigenvalue weighted by atomic mass is 10.1. The van der Waals surface area contributed by atoms with Gasteiger partial charge in [0, 0.05) is 12.6 Å². The number of hydrogen-bond acceptors (Lipinski definition) is 2. The Morgan fingerprint density at radius 2 is 2.25 bits per heavy atom. The summed E-state index contributed by atoms with van der Waals surface area (Å²) >= 11 is 0. The van der Waals surface area contributed by atoms with E-state index in [1.54, 1.807) is 6.26 Å². The average Bonchev–Trinajstić information content (AvgIpc) is 2.09. The van der Waals surface area contributed by atoms with Crippen LogP contribution in [0.1, 0.15) is 39.5 Å². The first-order valence-corrected chi connectivity index (χ1v) is 4.62. The topological polar surface area (TPSA) is 21.3 Å². The standard InChI is InChI=1S/C10H17NO/c1-3-4-5-6-10-9(2)11-7-8-12-10/h7-8,11H,3-6H2,1-2H3. The Balaban J connectivity index is 2.30. The Kier molecular flexibility index (Phi) is 3.71. The Morgan fingerprint density at radius 3 is 2.92 bits per heavy atom. The Bertz CT molecular complexity index is 194. The van der Waals surface area contributed by atoms with Crippen molar-refractivity contribution in [2.24, 2.45) is 0 Å². The summed E-state index contributed by atoms with van der Waals surface area (Å²) in [7, 11) is 0. The summed E-state index contributed by atoms with van der Waals surface area (Å²) < 4.78 is 5.37. The van der Waals surface area contributed by atoms with Gasteiger partial charge in [0.2, 0.25) is 0 Å². The van der Waals surface area contributed by atoms with Gasteiger partial charge >= 0.3 is 0 Å². The van der Waals surface area contributed by atoms with Gasteiger partial charge in [0.15, 0.2) is 0 Å². The van der Waals surface area contributed by atoms with E-state index < -0.39 is 0 Å².